The predicted octanol–water partition coefficient (Wildman–Crippen LogP) is 2.41. The van der Waals surface area contributed by atoms with E-state index in [2.05, 4.69) is 17.6 Å². The molecular weight excluding hydrogens is 304 g/mol. The van der Waals surface area contributed by atoms with E-state index in [9.17, 15) is 4.79 Å². The van der Waals surface area contributed by atoms with Crippen molar-refractivity contribution in [3.8, 4) is 5.75 Å². The van der Waals surface area contributed by atoms with Crippen molar-refractivity contribution in [1.82, 2.24) is 10.6 Å². The number of hydrogen-bond donors (Lipinski definition) is 2. The monoisotopic (exact) mass is 334 g/mol. The van der Waals surface area contributed by atoms with Crippen LogP contribution in [0.5, 0.6) is 5.75 Å². The summed E-state index contributed by atoms with van der Waals surface area (Å²) in [6.45, 7) is 9.33. The molecule has 2 atom stereocenters. The number of aryl methyl sites for hydroxylation is 1. The maximum absolute atomic E-state index is 12.4. The smallest absolute Gasteiger partial charge is 0.223 e. The fourth-order valence-electron chi connectivity index (χ4n) is 2.99. The van der Waals surface area contributed by atoms with Crippen molar-refractivity contribution in [2.75, 3.05) is 26.4 Å². The summed E-state index contributed by atoms with van der Waals surface area (Å²) in [6, 6.07) is 6.49. The Morgan fingerprint density at radius 1 is 1.38 bits per heavy atom. The average Bonchev–Trinajstić information content (AvgIpc) is 2.57. The van der Waals surface area contributed by atoms with Crippen LogP contribution < -0.4 is 15.4 Å². The van der Waals surface area contributed by atoms with Crippen LogP contribution in [0.15, 0.2) is 18.2 Å². The second kappa shape index (κ2) is 9.64. The largest absolute Gasteiger partial charge is 0.491 e. The zero-order chi connectivity index (χ0) is 17.4. The fourth-order valence-corrected chi connectivity index (χ4v) is 2.99. The molecule has 134 valence electrons. The second-order valence-electron chi connectivity index (χ2n) is 6.45. The zero-order valence-corrected chi connectivity index (χ0v) is 15.1. The Hall–Kier alpha value is -1.59. The summed E-state index contributed by atoms with van der Waals surface area (Å²) in [5.74, 6) is 1.08. The molecule has 2 rings (SSSR count). The van der Waals surface area contributed by atoms with Crippen molar-refractivity contribution in [2.45, 2.75) is 46.2 Å². The lowest BCUT2D eigenvalue weighted by atomic mass is 9.92. The third-order valence-corrected chi connectivity index (χ3v) is 4.36. The molecule has 0 radical (unpaired) electrons. The summed E-state index contributed by atoms with van der Waals surface area (Å²) in [5.41, 5.74) is 2.15. The molecule has 24 heavy (non-hydrogen) atoms. The SMILES string of the molecule is CCOCCOc1cc(C)ccc1CNC(=O)[C@H]1CCN[C@@H](C)C1. The molecule has 1 heterocycles. The lowest BCUT2D eigenvalue weighted by molar-refractivity contribution is -0.126. The summed E-state index contributed by atoms with van der Waals surface area (Å²) < 4.78 is 11.1. The molecule has 1 aliphatic heterocycles. The molecule has 1 amide bonds. The molecule has 0 aliphatic carbocycles. The summed E-state index contributed by atoms with van der Waals surface area (Å²) in [6.07, 6.45) is 1.80. The van der Waals surface area contributed by atoms with Gasteiger partial charge in [-0.25, -0.2) is 0 Å². The number of carbonyl (C=O) groups excluding carboxylic acids is 1. The second-order valence-corrected chi connectivity index (χ2v) is 6.45. The van der Waals surface area contributed by atoms with Crippen LogP contribution in [0.2, 0.25) is 0 Å². The summed E-state index contributed by atoms with van der Waals surface area (Å²) in [5, 5.41) is 6.45. The highest BCUT2D eigenvalue weighted by Gasteiger charge is 2.24. The number of carbonyl (C=O) groups is 1. The van der Waals surface area contributed by atoms with Crippen molar-refractivity contribution >= 4 is 5.91 Å². The van der Waals surface area contributed by atoms with E-state index in [1.807, 2.05) is 32.0 Å². The van der Waals surface area contributed by atoms with Gasteiger partial charge in [0, 0.05) is 30.7 Å². The van der Waals surface area contributed by atoms with Crippen LogP contribution in [0, 0.1) is 12.8 Å². The molecule has 1 fully saturated rings. The van der Waals surface area contributed by atoms with E-state index in [-0.39, 0.29) is 11.8 Å². The van der Waals surface area contributed by atoms with Gasteiger partial charge in [0.2, 0.25) is 5.91 Å². The summed E-state index contributed by atoms with van der Waals surface area (Å²) >= 11 is 0. The van der Waals surface area contributed by atoms with Gasteiger partial charge in [-0.05, 0) is 51.8 Å². The molecule has 0 bridgehead atoms. The number of amides is 1. The Bertz CT molecular complexity index is 533. The van der Waals surface area contributed by atoms with Crippen LogP contribution >= 0.6 is 0 Å². The molecule has 0 unspecified atom stereocenters. The molecule has 0 aromatic heterocycles. The van der Waals surface area contributed by atoms with Crippen molar-refractivity contribution in [1.29, 1.82) is 0 Å². The molecule has 1 aromatic carbocycles. The van der Waals surface area contributed by atoms with E-state index in [0.29, 0.717) is 32.4 Å². The van der Waals surface area contributed by atoms with E-state index in [4.69, 9.17) is 9.47 Å². The summed E-state index contributed by atoms with van der Waals surface area (Å²) in [4.78, 5) is 12.4. The molecule has 5 nitrogen and oxygen atoms in total. The van der Waals surface area contributed by atoms with Gasteiger partial charge in [-0.3, -0.25) is 4.79 Å². The van der Waals surface area contributed by atoms with Gasteiger partial charge in [0.05, 0.1) is 6.61 Å². The van der Waals surface area contributed by atoms with Gasteiger partial charge in [0.25, 0.3) is 0 Å². The number of hydrogen-bond acceptors (Lipinski definition) is 4. The molecule has 1 aliphatic rings. The predicted molar refractivity (Wildman–Crippen MR) is 95.2 cm³/mol. The van der Waals surface area contributed by atoms with Gasteiger partial charge >= 0.3 is 0 Å². The number of benzene rings is 1. The highest BCUT2D eigenvalue weighted by Crippen LogP contribution is 2.21. The van der Waals surface area contributed by atoms with Crippen molar-refractivity contribution < 1.29 is 14.3 Å². The summed E-state index contributed by atoms with van der Waals surface area (Å²) in [7, 11) is 0. The van der Waals surface area contributed by atoms with Crippen LogP contribution in [-0.4, -0.2) is 38.3 Å². The standard InChI is InChI=1S/C19H30N2O3/c1-4-23-9-10-24-18-11-14(2)5-6-17(18)13-21-19(22)16-7-8-20-15(3)12-16/h5-6,11,15-16,20H,4,7-10,12-13H2,1-3H3,(H,21,22)/t15-,16-/m0/s1. The maximum Gasteiger partial charge on any atom is 0.223 e. The van der Waals surface area contributed by atoms with Gasteiger partial charge in [-0.1, -0.05) is 12.1 Å². The lowest BCUT2D eigenvalue weighted by Crippen LogP contribution is -2.42. The fraction of sp³-hybridized carbons (Fsp3) is 0.632. The Balaban J connectivity index is 1.89. The molecule has 0 saturated carbocycles. The highest BCUT2D eigenvalue weighted by molar-refractivity contribution is 5.78. The van der Waals surface area contributed by atoms with Gasteiger partial charge < -0.3 is 20.1 Å². The maximum atomic E-state index is 12.4. The molecule has 1 saturated heterocycles. The first kappa shape index (κ1) is 18.7. The normalized spacial score (nSPS) is 20.6. The molecule has 0 spiro atoms. The molecule has 1 aromatic rings. The van der Waals surface area contributed by atoms with E-state index in [1.54, 1.807) is 0 Å². The van der Waals surface area contributed by atoms with E-state index in [1.165, 1.54) is 0 Å². The van der Waals surface area contributed by atoms with Crippen LogP contribution in [0.4, 0.5) is 0 Å². The van der Waals surface area contributed by atoms with E-state index < -0.39 is 0 Å². The van der Waals surface area contributed by atoms with Gasteiger partial charge in [-0.15, -0.1) is 0 Å². The van der Waals surface area contributed by atoms with E-state index >= 15 is 0 Å². The topological polar surface area (TPSA) is 59.6 Å². The van der Waals surface area contributed by atoms with Gasteiger partial charge in [0.1, 0.15) is 12.4 Å². The lowest BCUT2D eigenvalue weighted by Gasteiger charge is -2.27. The number of piperidine rings is 1. The average molecular weight is 334 g/mol. The van der Waals surface area contributed by atoms with Crippen molar-refractivity contribution in [3.05, 3.63) is 29.3 Å². The third-order valence-electron chi connectivity index (χ3n) is 4.36. The quantitative estimate of drug-likeness (QED) is 0.717. The number of rotatable bonds is 8. The Morgan fingerprint density at radius 3 is 2.96 bits per heavy atom. The first-order valence-corrected chi connectivity index (χ1v) is 8.91. The van der Waals surface area contributed by atoms with Gasteiger partial charge in [-0.2, -0.15) is 0 Å². The van der Waals surface area contributed by atoms with Gasteiger partial charge in [0.15, 0.2) is 0 Å². The molecular formula is C19H30N2O3. The third kappa shape index (κ3) is 5.80. The minimum atomic E-state index is 0.106. The van der Waals surface area contributed by atoms with Crippen LogP contribution in [-0.2, 0) is 16.1 Å². The zero-order valence-electron chi connectivity index (χ0n) is 15.1. The minimum absolute atomic E-state index is 0.106. The Labute approximate surface area is 145 Å². The Morgan fingerprint density at radius 2 is 2.21 bits per heavy atom. The van der Waals surface area contributed by atoms with Crippen molar-refractivity contribution in [3.63, 3.8) is 0 Å². The Kier molecular flexibility index (Phi) is 7.53. The molecule has 2 N–H and O–H groups in total. The van der Waals surface area contributed by atoms with Crippen LogP contribution in [0.3, 0.4) is 0 Å². The first-order chi connectivity index (χ1) is 11.6. The minimum Gasteiger partial charge on any atom is -0.491 e. The van der Waals surface area contributed by atoms with Crippen LogP contribution in [0.1, 0.15) is 37.8 Å². The number of ether oxygens (including phenoxy) is 2. The molecule has 5 heteroatoms. The highest BCUT2D eigenvalue weighted by atomic mass is 16.5. The van der Waals surface area contributed by atoms with E-state index in [0.717, 1.165) is 36.3 Å². The first-order valence-electron chi connectivity index (χ1n) is 8.91. The van der Waals surface area contributed by atoms with Crippen molar-refractivity contribution in [2.24, 2.45) is 5.92 Å². The van der Waals surface area contributed by atoms with Crippen LogP contribution in [0.25, 0.3) is 0 Å². The number of nitrogens with one attached hydrogen (secondary N) is 2.